The van der Waals surface area contributed by atoms with Crippen molar-refractivity contribution in [2.24, 2.45) is 0 Å². The largest absolute Gasteiger partial charge is 0.416 e. The van der Waals surface area contributed by atoms with Crippen molar-refractivity contribution in [2.45, 2.75) is 25.4 Å². The van der Waals surface area contributed by atoms with Crippen molar-refractivity contribution >= 4 is 21.7 Å². The Bertz CT molecular complexity index is 517. The molecule has 2 rings (SSSR count). The Morgan fingerprint density at radius 3 is 2.56 bits per heavy atom. The minimum Gasteiger partial charge on any atom is -0.289 e. The summed E-state index contributed by atoms with van der Waals surface area (Å²) < 4.78 is 38.2. The maximum Gasteiger partial charge on any atom is 0.416 e. The van der Waals surface area contributed by atoms with Gasteiger partial charge >= 0.3 is 6.18 Å². The molecular formula is C13H10BrF3O. The zero-order valence-electron chi connectivity index (χ0n) is 9.35. The highest BCUT2D eigenvalue weighted by Crippen LogP contribution is 2.33. The van der Waals surface area contributed by atoms with Crippen LogP contribution in [0.25, 0.3) is 0 Å². The molecule has 0 spiro atoms. The summed E-state index contributed by atoms with van der Waals surface area (Å²) in [6, 6.07) is 3.14. The minimum absolute atomic E-state index is 0.0815. The fourth-order valence-corrected chi connectivity index (χ4v) is 2.35. The Hall–Kier alpha value is -1.10. The zero-order valence-corrected chi connectivity index (χ0v) is 10.9. The standard InChI is InChI=1S/C13H10BrF3O/c14-11-6-5-9(13(15,16)17)7-10(11)12(18)8-3-1-2-4-8/h3,5-7H,1-2,4H2. The summed E-state index contributed by atoms with van der Waals surface area (Å²) in [6.07, 6.45) is -0.286. The first-order chi connectivity index (χ1) is 8.39. The smallest absolute Gasteiger partial charge is 0.289 e. The number of alkyl halides is 3. The lowest BCUT2D eigenvalue weighted by molar-refractivity contribution is -0.137. The first-order valence-corrected chi connectivity index (χ1v) is 6.29. The molecule has 1 aromatic carbocycles. The number of carbonyl (C=O) groups excluding carboxylic acids is 1. The van der Waals surface area contributed by atoms with Gasteiger partial charge in [-0.05, 0) is 43.0 Å². The number of carbonyl (C=O) groups is 1. The topological polar surface area (TPSA) is 17.1 Å². The van der Waals surface area contributed by atoms with Crippen LogP contribution in [0.5, 0.6) is 0 Å². The number of ketones is 1. The molecule has 96 valence electrons. The molecule has 5 heteroatoms. The quantitative estimate of drug-likeness (QED) is 0.718. The summed E-state index contributed by atoms with van der Waals surface area (Å²) in [7, 11) is 0. The van der Waals surface area contributed by atoms with Gasteiger partial charge < -0.3 is 0 Å². The molecule has 1 aliphatic carbocycles. The van der Waals surface area contributed by atoms with Crippen molar-refractivity contribution < 1.29 is 18.0 Å². The van der Waals surface area contributed by atoms with E-state index in [4.69, 9.17) is 0 Å². The van der Waals surface area contributed by atoms with Crippen LogP contribution in [0.1, 0.15) is 35.2 Å². The first-order valence-electron chi connectivity index (χ1n) is 5.50. The second kappa shape index (κ2) is 4.88. The minimum atomic E-state index is -4.43. The van der Waals surface area contributed by atoms with Crippen LogP contribution in [-0.2, 0) is 6.18 Å². The fraction of sp³-hybridized carbons (Fsp3) is 0.308. The fourth-order valence-electron chi connectivity index (χ4n) is 1.93. The molecule has 0 atom stereocenters. The van der Waals surface area contributed by atoms with Crippen LogP contribution >= 0.6 is 15.9 Å². The summed E-state index contributed by atoms with van der Waals surface area (Å²) in [5, 5.41) is 0. The molecule has 0 fully saturated rings. The molecule has 0 aliphatic heterocycles. The van der Waals surface area contributed by atoms with Crippen molar-refractivity contribution in [1.82, 2.24) is 0 Å². The van der Waals surface area contributed by atoms with Gasteiger partial charge in [-0.2, -0.15) is 13.2 Å². The van der Waals surface area contributed by atoms with Gasteiger partial charge in [-0.15, -0.1) is 0 Å². The van der Waals surface area contributed by atoms with Crippen molar-refractivity contribution in [3.8, 4) is 0 Å². The van der Waals surface area contributed by atoms with E-state index in [1.165, 1.54) is 6.07 Å². The molecule has 0 N–H and O–H groups in total. The van der Waals surface area contributed by atoms with Crippen LogP contribution in [0.4, 0.5) is 13.2 Å². The third-order valence-corrected chi connectivity index (χ3v) is 3.56. The molecule has 0 unspecified atom stereocenters. The van der Waals surface area contributed by atoms with Gasteiger partial charge in [-0.25, -0.2) is 0 Å². The maximum absolute atomic E-state index is 12.6. The highest BCUT2D eigenvalue weighted by molar-refractivity contribution is 9.10. The van der Waals surface area contributed by atoms with E-state index in [0.29, 0.717) is 16.5 Å². The second-order valence-electron chi connectivity index (χ2n) is 4.14. The number of benzene rings is 1. The molecule has 0 saturated carbocycles. The second-order valence-corrected chi connectivity index (χ2v) is 5.00. The zero-order chi connectivity index (χ0) is 13.3. The molecule has 1 aliphatic rings. The van der Waals surface area contributed by atoms with Crippen LogP contribution in [0, 0.1) is 0 Å². The van der Waals surface area contributed by atoms with Crippen molar-refractivity contribution in [1.29, 1.82) is 0 Å². The molecule has 0 bridgehead atoms. The number of rotatable bonds is 2. The highest BCUT2D eigenvalue weighted by atomic mass is 79.9. The van der Waals surface area contributed by atoms with E-state index >= 15 is 0 Å². The molecule has 18 heavy (non-hydrogen) atoms. The summed E-state index contributed by atoms with van der Waals surface area (Å²) in [6.45, 7) is 0. The van der Waals surface area contributed by atoms with Gasteiger partial charge in [-0.1, -0.05) is 22.0 Å². The molecule has 1 nitrogen and oxygen atoms in total. The van der Waals surface area contributed by atoms with Crippen molar-refractivity contribution in [3.63, 3.8) is 0 Å². The van der Waals surface area contributed by atoms with Gasteiger partial charge in [0.05, 0.1) is 5.56 Å². The number of allylic oxidation sites excluding steroid dienone is 2. The van der Waals surface area contributed by atoms with Gasteiger partial charge in [-0.3, -0.25) is 4.79 Å². The lowest BCUT2D eigenvalue weighted by Gasteiger charge is -2.10. The Kier molecular flexibility index (Phi) is 3.61. The summed E-state index contributed by atoms with van der Waals surface area (Å²) >= 11 is 3.13. The molecule has 0 radical (unpaired) electrons. The first kappa shape index (κ1) is 13.3. The lowest BCUT2D eigenvalue weighted by Crippen LogP contribution is -2.09. The van der Waals surface area contributed by atoms with Gasteiger partial charge in [0.2, 0.25) is 0 Å². The molecule has 0 heterocycles. The number of hydrogen-bond donors (Lipinski definition) is 0. The Labute approximate surface area is 111 Å². The Balaban J connectivity index is 2.40. The van der Waals surface area contributed by atoms with Crippen LogP contribution in [0.15, 0.2) is 34.3 Å². The van der Waals surface area contributed by atoms with Gasteiger partial charge in [0, 0.05) is 10.0 Å². The van der Waals surface area contributed by atoms with E-state index in [0.717, 1.165) is 25.0 Å². The van der Waals surface area contributed by atoms with E-state index in [1.807, 2.05) is 0 Å². The molecule has 0 aromatic heterocycles. The van der Waals surface area contributed by atoms with E-state index < -0.39 is 11.7 Å². The SMILES string of the molecule is O=C(C1=CCCC1)c1cc(C(F)(F)F)ccc1Br. The predicted octanol–water partition coefficient (Wildman–Crippen LogP) is 4.76. The Morgan fingerprint density at radius 2 is 2.00 bits per heavy atom. The van der Waals surface area contributed by atoms with Gasteiger partial charge in [0.1, 0.15) is 0 Å². The Morgan fingerprint density at radius 1 is 1.28 bits per heavy atom. The maximum atomic E-state index is 12.6. The third-order valence-electron chi connectivity index (χ3n) is 2.87. The molecule has 1 aromatic rings. The average molecular weight is 319 g/mol. The summed E-state index contributed by atoms with van der Waals surface area (Å²) in [5.74, 6) is -0.314. The summed E-state index contributed by atoms with van der Waals surface area (Å²) in [5.41, 5.74) is -0.111. The van der Waals surface area contributed by atoms with Crippen LogP contribution in [-0.4, -0.2) is 5.78 Å². The van der Waals surface area contributed by atoms with E-state index in [9.17, 15) is 18.0 Å². The van der Waals surface area contributed by atoms with E-state index in [2.05, 4.69) is 15.9 Å². The number of halogens is 4. The predicted molar refractivity (Wildman–Crippen MR) is 65.4 cm³/mol. The normalized spacial score (nSPS) is 15.7. The number of hydrogen-bond acceptors (Lipinski definition) is 1. The third kappa shape index (κ3) is 2.66. The number of Topliss-reactive ketones (excluding diaryl/α,β-unsaturated/α-hetero) is 1. The highest BCUT2D eigenvalue weighted by Gasteiger charge is 2.32. The van der Waals surface area contributed by atoms with Crippen molar-refractivity contribution in [2.75, 3.05) is 0 Å². The van der Waals surface area contributed by atoms with E-state index in [1.54, 1.807) is 6.08 Å². The lowest BCUT2D eigenvalue weighted by atomic mass is 10.0. The van der Waals surface area contributed by atoms with Crippen LogP contribution in [0.2, 0.25) is 0 Å². The van der Waals surface area contributed by atoms with Crippen LogP contribution in [0.3, 0.4) is 0 Å². The molecule has 0 saturated heterocycles. The van der Waals surface area contributed by atoms with Gasteiger partial charge in [0.15, 0.2) is 5.78 Å². The van der Waals surface area contributed by atoms with Crippen molar-refractivity contribution in [3.05, 3.63) is 45.4 Å². The average Bonchev–Trinajstić information content (AvgIpc) is 2.80. The molecule has 0 amide bonds. The summed E-state index contributed by atoms with van der Waals surface area (Å²) in [4.78, 5) is 12.1. The van der Waals surface area contributed by atoms with Gasteiger partial charge in [0.25, 0.3) is 0 Å². The van der Waals surface area contributed by atoms with E-state index in [-0.39, 0.29) is 11.3 Å². The van der Waals surface area contributed by atoms with Crippen LogP contribution < -0.4 is 0 Å². The molecular weight excluding hydrogens is 309 g/mol. The monoisotopic (exact) mass is 318 g/mol.